The minimum Gasteiger partial charge on any atom is -0.462 e. The minimum atomic E-state index is -3.88. The summed E-state index contributed by atoms with van der Waals surface area (Å²) >= 11 is 3.17. The van der Waals surface area contributed by atoms with Crippen LogP contribution in [-0.2, 0) is 14.8 Å². The molecule has 1 aromatic carbocycles. The van der Waals surface area contributed by atoms with Crippen molar-refractivity contribution in [2.45, 2.75) is 32.1 Å². The summed E-state index contributed by atoms with van der Waals surface area (Å²) in [5, 5.41) is 5.13. The first-order valence-electron chi connectivity index (χ1n) is 6.13. The molecule has 0 unspecified atom stereocenters. The van der Waals surface area contributed by atoms with Gasteiger partial charge in [0.25, 0.3) is 0 Å². The summed E-state index contributed by atoms with van der Waals surface area (Å²) in [4.78, 5) is 11.9. The van der Waals surface area contributed by atoms with E-state index in [1.54, 1.807) is 0 Å². The lowest BCUT2D eigenvalue weighted by molar-refractivity contribution is 0.0487. The Balaban J connectivity index is 3.07. The fourth-order valence-electron chi connectivity index (χ4n) is 1.63. The lowest BCUT2D eigenvalue weighted by Gasteiger charge is -2.11. The number of halogens is 1. The van der Waals surface area contributed by atoms with E-state index in [9.17, 15) is 13.2 Å². The van der Waals surface area contributed by atoms with Crippen LogP contribution >= 0.6 is 15.9 Å². The predicted molar refractivity (Wildman–Crippen MR) is 80.0 cm³/mol. The molecule has 0 aliphatic carbocycles. The van der Waals surface area contributed by atoms with Crippen molar-refractivity contribution in [3.63, 3.8) is 0 Å². The molecule has 2 N–H and O–H groups in total. The Morgan fingerprint density at radius 1 is 1.40 bits per heavy atom. The average molecular weight is 364 g/mol. The van der Waals surface area contributed by atoms with Gasteiger partial charge in [-0.05, 0) is 37.0 Å². The van der Waals surface area contributed by atoms with Crippen LogP contribution in [0.1, 0.15) is 36.2 Å². The molecule has 0 aromatic heterocycles. The predicted octanol–water partition coefficient (Wildman–Crippen LogP) is 2.61. The number of benzene rings is 1. The number of rotatable bonds is 5. The highest BCUT2D eigenvalue weighted by molar-refractivity contribution is 9.10. The zero-order chi connectivity index (χ0) is 15.5. The Labute approximate surface area is 127 Å². The molecule has 0 aliphatic rings. The molecule has 5 nitrogen and oxygen atoms in total. The molecular weight excluding hydrogens is 346 g/mol. The van der Waals surface area contributed by atoms with Gasteiger partial charge in [0, 0.05) is 4.47 Å². The topological polar surface area (TPSA) is 86.5 Å². The molecular formula is C13H18BrNO4S. The largest absolute Gasteiger partial charge is 0.462 e. The van der Waals surface area contributed by atoms with Crippen LogP contribution in [0.5, 0.6) is 0 Å². The fraction of sp³-hybridized carbons (Fsp3) is 0.462. The smallest absolute Gasteiger partial charge is 0.338 e. The Hall–Kier alpha value is -0.920. The SMILES string of the molecule is Cc1c(C(=O)OCCC(C)C)cc(Br)cc1S(N)(=O)=O. The molecule has 0 aliphatic heterocycles. The summed E-state index contributed by atoms with van der Waals surface area (Å²) in [5.41, 5.74) is 0.498. The molecule has 112 valence electrons. The van der Waals surface area contributed by atoms with Gasteiger partial charge >= 0.3 is 5.97 Å². The third-order valence-corrected chi connectivity index (χ3v) is 4.27. The number of carbonyl (C=O) groups is 1. The van der Waals surface area contributed by atoms with Crippen LogP contribution in [0, 0.1) is 12.8 Å². The Bertz CT molecular complexity index is 611. The van der Waals surface area contributed by atoms with Crippen LogP contribution in [0.25, 0.3) is 0 Å². The van der Waals surface area contributed by atoms with Crippen molar-refractivity contribution < 1.29 is 17.9 Å². The van der Waals surface area contributed by atoms with Gasteiger partial charge in [-0.25, -0.2) is 18.4 Å². The first kappa shape index (κ1) is 17.1. The molecule has 0 amide bonds. The van der Waals surface area contributed by atoms with Crippen LogP contribution in [0.4, 0.5) is 0 Å². The number of hydrogen-bond acceptors (Lipinski definition) is 4. The maximum atomic E-state index is 12.0. The quantitative estimate of drug-likeness (QED) is 0.814. The second kappa shape index (κ2) is 6.69. The van der Waals surface area contributed by atoms with Crippen LogP contribution in [0.2, 0.25) is 0 Å². The van der Waals surface area contributed by atoms with E-state index in [1.807, 2.05) is 13.8 Å². The Kier molecular flexibility index (Phi) is 5.73. The first-order chi connectivity index (χ1) is 9.12. The van der Waals surface area contributed by atoms with E-state index in [1.165, 1.54) is 19.1 Å². The molecule has 0 heterocycles. The average Bonchev–Trinajstić information content (AvgIpc) is 2.29. The van der Waals surface area contributed by atoms with Crippen LogP contribution in [0.15, 0.2) is 21.5 Å². The number of primary sulfonamides is 1. The van der Waals surface area contributed by atoms with Gasteiger partial charge in [-0.3, -0.25) is 0 Å². The third kappa shape index (κ3) is 4.57. The summed E-state index contributed by atoms with van der Waals surface area (Å²) in [5.74, 6) is -0.124. The molecule has 1 aromatic rings. The molecule has 0 fully saturated rings. The molecule has 0 spiro atoms. The summed E-state index contributed by atoms with van der Waals surface area (Å²) in [6.07, 6.45) is 0.751. The number of esters is 1. The monoisotopic (exact) mass is 363 g/mol. The van der Waals surface area contributed by atoms with Gasteiger partial charge in [0.2, 0.25) is 10.0 Å². The Morgan fingerprint density at radius 3 is 2.50 bits per heavy atom. The number of ether oxygens (including phenoxy) is 1. The highest BCUT2D eigenvalue weighted by Crippen LogP contribution is 2.24. The van der Waals surface area contributed by atoms with Gasteiger partial charge in [-0.2, -0.15) is 0 Å². The van der Waals surface area contributed by atoms with Crippen molar-refractivity contribution in [2.75, 3.05) is 6.61 Å². The maximum Gasteiger partial charge on any atom is 0.338 e. The van der Waals surface area contributed by atoms with Crippen molar-refractivity contribution in [3.8, 4) is 0 Å². The van der Waals surface area contributed by atoms with Crippen LogP contribution < -0.4 is 5.14 Å². The molecule has 7 heteroatoms. The zero-order valence-electron chi connectivity index (χ0n) is 11.6. The third-order valence-electron chi connectivity index (χ3n) is 2.78. The van der Waals surface area contributed by atoms with E-state index in [-0.39, 0.29) is 10.5 Å². The minimum absolute atomic E-state index is 0.0808. The first-order valence-corrected chi connectivity index (χ1v) is 8.47. The van der Waals surface area contributed by atoms with Gasteiger partial charge in [0.15, 0.2) is 0 Å². The van der Waals surface area contributed by atoms with Crippen molar-refractivity contribution in [1.82, 2.24) is 0 Å². The van der Waals surface area contributed by atoms with E-state index in [0.717, 1.165) is 6.42 Å². The van der Waals surface area contributed by atoms with Gasteiger partial charge in [-0.1, -0.05) is 29.8 Å². The zero-order valence-corrected chi connectivity index (χ0v) is 14.0. The van der Waals surface area contributed by atoms with E-state index >= 15 is 0 Å². The van der Waals surface area contributed by atoms with Crippen molar-refractivity contribution in [3.05, 3.63) is 27.7 Å². The lowest BCUT2D eigenvalue weighted by Crippen LogP contribution is -2.17. The second-order valence-corrected chi connectivity index (χ2v) is 7.39. The maximum absolute atomic E-state index is 12.0. The highest BCUT2D eigenvalue weighted by Gasteiger charge is 2.20. The number of nitrogens with two attached hydrogens (primary N) is 1. The van der Waals surface area contributed by atoms with Gasteiger partial charge in [-0.15, -0.1) is 0 Å². The van der Waals surface area contributed by atoms with Crippen molar-refractivity contribution in [2.24, 2.45) is 11.1 Å². The van der Waals surface area contributed by atoms with Crippen LogP contribution in [-0.4, -0.2) is 21.0 Å². The lowest BCUT2D eigenvalue weighted by atomic mass is 10.1. The summed E-state index contributed by atoms with van der Waals surface area (Å²) in [6.45, 7) is 5.88. The summed E-state index contributed by atoms with van der Waals surface area (Å²) in [7, 11) is -3.88. The van der Waals surface area contributed by atoms with Gasteiger partial charge in [0.1, 0.15) is 0 Å². The fourth-order valence-corrected chi connectivity index (χ4v) is 3.06. The summed E-state index contributed by atoms with van der Waals surface area (Å²) < 4.78 is 28.6. The second-order valence-electron chi connectivity index (χ2n) is 4.94. The summed E-state index contributed by atoms with van der Waals surface area (Å²) in [6, 6.07) is 2.90. The highest BCUT2D eigenvalue weighted by atomic mass is 79.9. The molecule has 20 heavy (non-hydrogen) atoms. The van der Waals surface area contributed by atoms with Crippen molar-refractivity contribution in [1.29, 1.82) is 0 Å². The molecule has 1 rings (SSSR count). The number of hydrogen-bond donors (Lipinski definition) is 1. The molecule has 0 saturated heterocycles. The molecule has 0 radical (unpaired) electrons. The normalized spacial score (nSPS) is 11.7. The molecule has 0 atom stereocenters. The number of sulfonamides is 1. The molecule has 0 saturated carbocycles. The standard InChI is InChI=1S/C13H18BrNO4S/c1-8(2)4-5-19-13(16)11-6-10(14)7-12(9(11)3)20(15,17)18/h6-8H,4-5H2,1-3H3,(H2,15,17,18). The van der Waals surface area contributed by atoms with E-state index < -0.39 is 16.0 Å². The van der Waals surface area contributed by atoms with E-state index in [4.69, 9.17) is 9.88 Å². The van der Waals surface area contributed by atoms with E-state index in [2.05, 4.69) is 15.9 Å². The van der Waals surface area contributed by atoms with Crippen molar-refractivity contribution >= 4 is 31.9 Å². The van der Waals surface area contributed by atoms with Crippen LogP contribution in [0.3, 0.4) is 0 Å². The van der Waals surface area contributed by atoms with Gasteiger partial charge in [0.05, 0.1) is 17.1 Å². The molecule has 0 bridgehead atoms. The van der Waals surface area contributed by atoms with Gasteiger partial charge < -0.3 is 4.74 Å². The number of carbonyl (C=O) groups excluding carboxylic acids is 1. The Morgan fingerprint density at radius 2 is 2.00 bits per heavy atom. The van der Waals surface area contributed by atoms with E-state index in [0.29, 0.717) is 22.6 Å².